The van der Waals surface area contributed by atoms with Gasteiger partial charge in [-0.25, -0.2) is 0 Å². The second kappa shape index (κ2) is 12.2. The van der Waals surface area contributed by atoms with Crippen molar-refractivity contribution in [3.05, 3.63) is 41.7 Å². The first-order chi connectivity index (χ1) is 16.4. The van der Waals surface area contributed by atoms with Crippen LogP contribution in [0.1, 0.15) is 96.1 Å². The molecule has 0 spiro atoms. The highest BCUT2D eigenvalue weighted by Gasteiger charge is 2.35. The van der Waals surface area contributed by atoms with Crippen LogP contribution in [0.15, 0.2) is 30.6 Å². The summed E-state index contributed by atoms with van der Waals surface area (Å²) in [5, 5.41) is 0. The van der Waals surface area contributed by atoms with Gasteiger partial charge in [0.15, 0.2) is 0 Å². The van der Waals surface area contributed by atoms with E-state index in [-0.39, 0.29) is 18.4 Å². The summed E-state index contributed by atoms with van der Waals surface area (Å²) in [5.41, 5.74) is 3.57. The Morgan fingerprint density at radius 1 is 1.20 bits per heavy atom. The highest BCUT2D eigenvalue weighted by atomic mass is 35.5. The van der Waals surface area contributed by atoms with Crippen molar-refractivity contribution in [3.8, 4) is 22.6 Å². The monoisotopic (exact) mass is 500 g/mol. The molecule has 4 rings (SSSR count). The van der Waals surface area contributed by atoms with E-state index in [2.05, 4.69) is 49.7 Å². The molecular weight excluding hydrogens is 460 g/mol. The molecule has 0 bridgehead atoms. The van der Waals surface area contributed by atoms with Crippen LogP contribution in [-0.4, -0.2) is 35.5 Å². The summed E-state index contributed by atoms with van der Waals surface area (Å²) in [6.07, 6.45) is 12.2. The van der Waals surface area contributed by atoms with Gasteiger partial charge in [0.1, 0.15) is 17.1 Å². The number of pyridine rings is 1. The zero-order valence-electron chi connectivity index (χ0n) is 21.8. The van der Waals surface area contributed by atoms with Crippen LogP contribution in [0.4, 0.5) is 0 Å². The molecule has 0 aliphatic carbocycles. The van der Waals surface area contributed by atoms with Crippen molar-refractivity contribution in [2.24, 2.45) is 0 Å². The van der Waals surface area contributed by atoms with Crippen molar-refractivity contribution in [1.82, 2.24) is 9.88 Å². The van der Waals surface area contributed by atoms with Crippen LogP contribution in [0.25, 0.3) is 11.1 Å². The largest absolute Gasteiger partial charge is 0.482 e. The van der Waals surface area contributed by atoms with E-state index in [1.165, 1.54) is 25.7 Å². The number of hydrogen-bond donors (Lipinski definition) is 0. The van der Waals surface area contributed by atoms with E-state index in [4.69, 9.17) is 9.47 Å². The zero-order chi connectivity index (χ0) is 24.1. The maximum absolute atomic E-state index is 12.9. The molecule has 5 nitrogen and oxygen atoms in total. The van der Waals surface area contributed by atoms with Crippen LogP contribution in [0, 0.1) is 0 Å². The Labute approximate surface area is 217 Å². The van der Waals surface area contributed by atoms with E-state index in [1.807, 2.05) is 12.3 Å². The van der Waals surface area contributed by atoms with E-state index in [9.17, 15) is 4.79 Å². The number of ether oxygens (including phenoxy) is 2. The average Bonchev–Trinajstić information content (AvgIpc) is 2.82. The third-order valence-electron chi connectivity index (χ3n) is 7.28. The number of fused-ring (bicyclic) bond motifs is 3. The second-order valence-corrected chi connectivity index (χ2v) is 10.4. The number of aromatic nitrogens is 1. The first-order valence-electron chi connectivity index (χ1n) is 13.1. The van der Waals surface area contributed by atoms with Gasteiger partial charge in [-0.3, -0.25) is 9.78 Å². The molecule has 6 heteroatoms. The minimum Gasteiger partial charge on any atom is -0.482 e. The number of rotatable bonds is 9. The van der Waals surface area contributed by atoms with Crippen LogP contribution in [-0.2, 0) is 10.4 Å². The Kier molecular flexibility index (Phi) is 9.60. The zero-order valence-corrected chi connectivity index (χ0v) is 22.6. The number of carbonyl (C=O) groups excluding carboxylic acids is 1. The van der Waals surface area contributed by atoms with E-state index < -0.39 is 5.60 Å². The lowest BCUT2D eigenvalue weighted by Crippen LogP contribution is -2.31. The quantitative estimate of drug-likeness (QED) is 0.268. The predicted molar refractivity (Wildman–Crippen MR) is 144 cm³/mol. The highest BCUT2D eigenvalue weighted by molar-refractivity contribution is 5.85. The summed E-state index contributed by atoms with van der Waals surface area (Å²) in [6.45, 7) is 11.9. The normalized spacial score (nSPS) is 17.4. The summed E-state index contributed by atoms with van der Waals surface area (Å²) in [5.74, 6) is 1.57. The highest BCUT2D eigenvalue weighted by Crippen LogP contribution is 2.50. The van der Waals surface area contributed by atoms with Crippen molar-refractivity contribution >= 4 is 18.4 Å². The van der Waals surface area contributed by atoms with E-state index in [0.717, 1.165) is 66.9 Å². The number of nitrogens with zero attached hydrogens (tertiary/aromatic N) is 2. The second-order valence-electron chi connectivity index (χ2n) is 10.4. The number of hydrogen-bond acceptors (Lipinski definition) is 5. The van der Waals surface area contributed by atoms with Gasteiger partial charge in [0.05, 0.1) is 5.56 Å². The molecule has 1 unspecified atom stereocenters. The summed E-state index contributed by atoms with van der Waals surface area (Å²) in [7, 11) is 0. The van der Waals surface area contributed by atoms with Gasteiger partial charge in [0.25, 0.3) is 0 Å². The average molecular weight is 501 g/mol. The van der Waals surface area contributed by atoms with E-state index >= 15 is 0 Å². The number of piperidine rings is 1. The fraction of sp³-hybridized carbons (Fsp3) is 0.586. The molecule has 0 radical (unpaired) electrons. The van der Waals surface area contributed by atoms with Gasteiger partial charge in [-0.05, 0) is 88.8 Å². The van der Waals surface area contributed by atoms with Crippen LogP contribution >= 0.6 is 12.4 Å². The van der Waals surface area contributed by atoms with Gasteiger partial charge in [0.2, 0.25) is 0 Å². The maximum atomic E-state index is 12.9. The van der Waals surface area contributed by atoms with Crippen LogP contribution in [0.2, 0.25) is 0 Å². The molecule has 192 valence electrons. The maximum Gasteiger partial charge on any atom is 0.311 e. The van der Waals surface area contributed by atoms with Crippen molar-refractivity contribution < 1.29 is 14.3 Å². The summed E-state index contributed by atoms with van der Waals surface area (Å²) in [6, 6.07) is 6.20. The Balaban J connectivity index is 0.00000342. The lowest BCUT2D eigenvalue weighted by molar-refractivity contribution is -0.134. The van der Waals surface area contributed by atoms with Gasteiger partial charge in [-0.2, -0.15) is 0 Å². The fourth-order valence-electron chi connectivity index (χ4n) is 5.25. The summed E-state index contributed by atoms with van der Waals surface area (Å²) >= 11 is 0. The van der Waals surface area contributed by atoms with Crippen LogP contribution in [0.3, 0.4) is 0 Å². The molecule has 0 amide bonds. The molecule has 2 aliphatic rings. The van der Waals surface area contributed by atoms with Gasteiger partial charge in [0, 0.05) is 29.9 Å². The predicted octanol–water partition coefficient (Wildman–Crippen LogP) is 7.26. The first-order valence-corrected chi connectivity index (χ1v) is 13.1. The smallest absolute Gasteiger partial charge is 0.311 e. The number of likely N-dealkylation sites (tertiary alicyclic amines) is 1. The minimum absolute atomic E-state index is 0. The van der Waals surface area contributed by atoms with Crippen LogP contribution in [0.5, 0.6) is 11.5 Å². The Morgan fingerprint density at radius 2 is 1.97 bits per heavy atom. The molecule has 1 atom stereocenters. The molecule has 1 saturated heterocycles. The van der Waals surface area contributed by atoms with E-state index in [0.29, 0.717) is 18.1 Å². The molecule has 35 heavy (non-hydrogen) atoms. The third-order valence-corrected chi connectivity index (χ3v) is 7.28. The molecular formula is C29H41ClN2O3. The fourth-order valence-corrected chi connectivity index (χ4v) is 5.25. The third kappa shape index (κ3) is 6.56. The number of unbranched alkanes of at least 4 members (excludes halogenated alkanes) is 1. The van der Waals surface area contributed by atoms with E-state index in [1.54, 1.807) is 6.20 Å². The SMILES string of the molecule is CCCCC(C)c1cc(OC(=O)CCCN2CCCCC2)c2c(c1)OC(C)(C)c1ccncc1-2.Cl. The number of carbonyl (C=O) groups is 1. The molecule has 3 heterocycles. The Bertz CT molecular complexity index is 1000. The van der Waals surface area contributed by atoms with Crippen molar-refractivity contribution in [2.75, 3.05) is 19.6 Å². The molecule has 0 N–H and O–H groups in total. The molecule has 1 fully saturated rings. The van der Waals surface area contributed by atoms with Gasteiger partial charge in [-0.1, -0.05) is 33.1 Å². The molecule has 1 aromatic carbocycles. The summed E-state index contributed by atoms with van der Waals surface area (Å²) in [4.78, 5) is 19.8. The molecule has 0 saturated carbocycles. The minimum atomic E-state index is -0.480. The van der Waals surface area contributed by atoms with Gasteiger partial charge in [-0.15, -0.1) is 12.4 Å². The van der Waals surface area contributed by atoms with Gasteiger partial charge >= 0.3 is 5.97 Å². The first kappa shape index (κ1) is 27.5. The molecule has 1 aromatic heterocycles. The summed E-state index contributed by atoms with van der Waals surface area (Å²) < 4.78 is 12.6. The van der Waals surface area contributed by atoms with Gasteiger partial charge < -0.3 is 14.4 Å². The van der Waals surface area contributed by atoms with Crippen molar-refractivity contribution in [3.63, 3.8) is 0 Å². The lowest BCUT2D eigenvalue weighted by Gasteiger charge is -2.35. The standard InChI is InChI=1S/C29H40N2O3.ClH/c1-5-6-11-21(2)22-18-25(33-27(32)12-10-17-31-15-8-7-9-16-31)28-23-20-30-14-13-24(23)29(3,4)34-26(28)19-22;/h13-14,18-21H,5-12,15-17H2,1-4H3;1H. The Morgan fingerprint density at radius 3 is 2.71 bits per heavy atom. The lowest BCUT2D eigenvalue weighted by atomic mass is 9.85. The van der Waals surface area contributed by atoms with Crippen LogP contribution < -0.4 is 9.47 Å². The number of halogens is 1. The number of esters is 1. The Hall–Kier alpha value is -2.11. The molecule has 2 aliphatic heterocycles. The topological polar surface area (TPSA) is 51.7 Å². The van der Waals surface area contributed by atoms with Crippen molar-refractivity contribution in [1.29, 1.82) is 0 Å². The van der Waals surface area contributed by atoms with Crippen molar-refractivity contribution in [2.45, 2.75) is 90.6 Å². The molecule has 2 aromatic rings. The number of benzene rings is 1.